The molecule has 4 fully saturated rings. The first-order valence-electron chi connectivity index (χ1n) is 12.3. The van der Waals surface area contributed by atoms with Crippen molar-refractivity contribution < 1.29 is 9.53 Å². The van der Waals surface area contributed by atoms with E-state index in [0.717, 1.165) is 56.9 Å². The average molecular weight is 428 g/mol. The molecule has 31 heavy (non-hydrogen) atoms. The van der Waals surface area contributed by atoms with Crippen LogP contribution in [0.3, 0.4) is 0 Å². The van der Waals surface area contributed by atoms with Gasteiger partial charge >= 0.3 is 0 Å². The number of nitrogens with one attached hydrogen (secondary N) is 2. The molecule has 2 N–H and O–H groups in total. The maximum absolute atomic E-state index is 12.4. The number of piperidine rings is 1. The molecule has 2 atom stereocenters. The van der Waals surface area contributed by atoms with Gasteiger partial charge in [-0.05, 0) is 87.9 Å². The van der Waals surface area contributed by atoms with Crippen molar-refractivity contribution in [3.05, 3.63) is 23.9 Å². The van der Waals surface area contributed by atoms with Crippen LogP contribution in [0.4, 0.5) is 5.82 Å². The Morgan fingerprint density at radius 2 is 1.97 bits per heavy atom. The van der Waals surface area contributed by atoms with E-state index in [1.807, 2.05) is 18.2 Å². The van der Waals surface area contributed by atoms with Crippen molar-refractivity contribution in [3.63, 3.8) is 0 Å². The molecule has 4 aliphatic rings. The van der Waals surface area contributed by atoms with Crippen molar-refractivity contribution in [2.45, 2.75) is 51.0 Å². The van der Waals surface area contributed by atoms with Gasteiger partial charge in [-0.3, -0.25) is 14.7 Å². The normalized spacial score (nSPS) is 28.5. The predicted molar refractivity (Wildman–Crippen MR) is 121 cm³/mol. The maximum atomic E-state index is 12.4. The molecule has 1 aliphatic carbocycles. The van der Waals surface area contributed by atoms with Gasteiger partial charge in [0.05, 0.1) is 6.61 Å². The van der Waals surface area contributed by atoms with Crippen LogP contribution in [0.1, 0.15) is 55.4 Å². The Morgan fingerprint density at radius 1 is 1.10 bits per heavy atom. The van der Waals surface area contributed by atoms with Crippen LogP contribution in [0.2, 0.25) is 0 Å². The molecule has 170 valence electrons. The summed E-state index contributed by atoms with van der Waals surface area (Å²) in [6.45, 7) is 7.02. The van der Waals surface area contributed by atoms with Crippen LogP contribution in [0, 0.1) is 17.8 Å². The molecule has 3 aliphatic heterocycles. The number of amides is 1. The molecule has 0 spiro atoms. The fourth-order valence-corrected chi connectivity index (χ4v) is 5.43. The zero-order valence-corrected chi connectivity index (χ0v) is 18.6. The van der Waals surface area contributed by atoms with Crippen molar-refractivity contribution in [2.75, 3.05) is 50.9 Å². The van der Waals surface area contributed by atoms with Crippen molar-refractivity contribution in [1.82, 2.24) is 20.6 Å². The first-order valence-corrected chi connectivity index (χ1v) is 12.3. The van der Waals surface area contributed by atoms with Crippen LogP contribution in [-0.2, 0) is 4.74 Å². The Morgan fingerprint density at radius 3 is 2.74 bits per heavy atom. The van der Waals surface area contributed by atoms with E-state index in [2.05, 4.69) is 25.6 Å². The number of hydrazine groups is 1. The summed E-state index contributed by atoms with van der Waals surface area (Å²) in [5.74, 6) is 3.00. The lowest BCUT2D eigenvalue weighted by Gasteiger charge is -2.38. The van der Waals surface area contributed by atoms with Gasteiger partial charge in [0.15, 0.2) is 0 Å². The minimum atomic E-state index is -0.0547. The van der Waals surface area contributed by atoms with Crippen LogP contribution in [0.15, 0.2) is 18.2 Å². The van der Waals surface area contributed by atoms with E-state index < -0.39 is 0 Å². The molecule has 7 nitrogen and oxygen atoms in total. The number of aromatic nitrogens is 1. The molecule has 5 rings (SSSR count). The fourth-order valence-electron chi connectivity index (χ4n) is 5.43. The lowest BCUT2D eigenvalue weighted by atomic mass is 9.81. The van der Waals surface area contributed by atoms with E-state index in [4.69, 9.17) is 4.74 Å². The second-order valence-electron chi connectivity index (χ2n) is 9.84. The van der Waals surface area contributed by atoms with E-state index in [1.165, 1.54) is 51.6 Å². The Balaban J connectivity index is 1.13. The molecule has 1 aromatic heterocycles. The van der Waals surface area contributed by atoms with Crippen LogP contribution in [-0.4, -0.2) is 67.8 Å². The molecule has 3 saturated heterocycles. The third-order valence-corrected chi connectivity index (χ3v) is 7.66. The minimum absolute atomic E-state index is 0.0547. The Bertz CT molecular complexity index is 741. The van der Waals surface area contributed by atoms with Gasteiger partial charge in [-0.2, -0.15) is 0 Å². The molecule has 1 saturated carbocycles. The van der Waals surface area contributed by atoms with Gasteiger partial charge in [-0.15, -0.1) is 0 Å². The highest BCUT2D eigenvalue weighted by Crippen LogP contribution is 2.31. The highest BCUT2D eigenvalue weighted by molar-refractivity contribution is 5.92. The topological polar surface area (TPSA) is 69.7 Å². The maximum Gasteiger partial charge on any atom is 0.269 e. The van der Waals surface area contributed by atoms with Crippen LogP contribution in [0.25, 0.3) is 0 Å². The van der Waals surface area contributed by atoms with E-state index in [0.29, 0.717) is 17.7 Å². The lowest BCUT2D eigenvalue weighted by Crippen LogP contribution is -2.45. The molecular formula is C24H37N5O2. The number of hydrogen-bond donors (Lipinski definition) is 2. The summed E-state index contributed by atoms with van der Waals surface area (Å²) < 4.78 is 5.59. The largest absolute Gasteiger partial charge is 0.380 e. The van der Waals surface area contributed by atoms with Gasteiger partial charge in [0.1, 0.15) is 11.5 Å². The van der Waals surface area contributed by atoms with Crippen LogP contribution >= 0.6 is 0 Å². The minimum Gasteiger partial charge on any atom is -0.380 e. The van der Waals surface area contributed by atoms with Crippen LogP contribution in [0.5, 0.6) is 0 Å². The summed E-state index contributed by atoms with van der Waals surface area (Å²) >= 11 is 0. The summed E-state index contributed by atoms with van der Waals surface area (Å²) in [6, 6.07) is 6.42. The highest BCUT2D eigenvalue weighted by Gasteiger charge is 2.32. The molecule has 4 heterocycles. The standard InChI is InChI=1S/C24H37N5O2/c30-24(25-15-18-6-7-18)22-4-1-5-23(27-22)29-11-2-3-20(16-26-29)19-8-12-28(13-9-19)21-10-14-31-17-21/h1,4-5,18-21,26H,2-3,6-17H2,(H,25,30). The lowest BCUT2D eigenvalue weighted by molar-refractivity contribution is 0.0918. The molecule has 0 bridgehead atoms. The number of anilines is 1. The van der Waals surface area contributed by atoms with Crippen LogP contribution < -0.4 is 15.8 Å². The molecule has 1 amide bonds. The van der Waals surface area contributed by atoms with E-state index >= 15 is 0 Å². The Kier molecular flexibility index (Phi) is 6.72. The first kappa shape index (κ1) is 21.2. The van der Waals surface area contributed by atoms with Crippen molar-refractivity contribution in [3.8, 4) is 0 Å². The zero-order chi connectivity index (χ0) is 21.0. The summed E-state index contributed by atoms with van der Waals surface area (Å²) in [5.41, 5.74) is 4.16. The molecule has 1 aromatic rings. The Labute approximate surface area is 185 Å². The smallest absolute Gasteiger partial charge is 0.269 e. The van der Waals surface area contributed by atoms with Gasteiger partial charge in [0.2, 0.25) is 0 Å². The third kappa shape index (κ3) is 5.38. The molecule has 7 heteroatoms. The third-order valence-electron chi connectivity index (χ3n) is 7.66. The van der Waals surface area contributed by atoms with Crippen molar-refractivity contribution >= 4 is 11.7 Å². The van der Waals surface area contributed by atoms with Gasteiger partial charge in [-0.25, -0.2) is 10.4 Å². The number of hydrogen-bond acceptors (Lipinski definition) is 6. The second kappa shape index (κ2) is 9.84. The number of carbonyl (C=O) groups is 1. The van der Waals surface area contributed by atoms with E-state index in [9.17, 15) is 4.79 Å². The number of nitrogens with zero attached hydrogens (tertiary/aromatic N) is 3. The van der Waals surface area contributed by atoms with Gasteiger partial charge < -0.3 is 10.1 Å². The second-order valence-corrected chi connectivity index (χ2v) is 9.84. The SMILES string of the molecule is O=C(NCC1CC1)c1cccc(N2CCCC(C3CCN(C4CCOC4)CC3)CN2)n1. The van der Waals surface area contributed by atoms with Gasteiger partial charge in [-0.1, -0.05) is 6.07 Å². The predicted octanol–water partition coefficient (Wildman–Crippen LogP) is 2.44. The molecule has 0 aromatic carbocycles. The number of likely N-dealkylation sites (tertiary alicyclic amines) is 1. The summed E-state index contributed by atoms with van der Waals surface area (Å²) in [4.78, 5) is 19.8. The van der Waals surface area contributed by atoms with E-state index in [1.54, 1.807) is 0 Å². The number of rotatable bonds is 6. The van der Waals surface area contributed by atoms with Crippen molar-refractivity contribution in [1.29, 1.82) is 0 Å². The molecule has 0 radical (unpaired) electrons. The molecule has 2 unspecified atom stereocenters. The highest BCUT2D eigenvalue weighted by atomic mass is 16.5. The number of pyridine rings is 1. The van der Waals surface area contributed by atoms with Crippen molar-refractivity contribution in [2.24, 2.45) is 17.8 Å². The molecular weight excluding hydrogens is 390 g/mol. The quantitative estimate of drug-likeness (QED) is 0.727. The van der Waals surface area contributed by atoms with E-state index in [-0.39, 0.29) is 5.91 Å². The Hall–Kier alpha value is -1.70. The summed E-state index contributed by atoms with van der Waals surface area (Å²) in [6.07, 6.45) is 8.71. The monoisotopic (exact) mass is 427 g/mol. The average Bonchev–Trinajstić information content (AvgIpc) is 3.55. The number of carbonyl (C=O) groups excluding carboxylic acids is 1. The zero-order valence-electron chi connectivity index (χ0n) is 18.6. The first-order chi connectivity index (χ1) is 15.3. The number of ether oxygens (including phenoxy) is 1. The summed E-state index contributed by atoms with van der Waals surface area (Å²) in [7, 11) is 0. The van der Waals surface area contributed by atoms with Gasteiger partial charge in [0.25, 0.3) is 5.91 Å². The van der Waals surface area contributed by atoms with Gasteiger partial charge in [0, 0.05) is 32.3 Å². The summed E-state index contributed by atoms with van der Waals surface area (Å²) in [5, 5.41) is 5.18. The fraction of sp³-hybridized carbons (Fsp3) is 0.750.